The Morgan fingerprint density at radius 2 is 2.07 bits per heavy atom. The molecule has 0 bridgehead atoms. The van der Waals surface area contributed by atoms with E-state index in [1.54, 1.807) is 0 Å². The first-order chi connectivity index (χ1) is 7.16. The van der Waals surface area contributed by atoms with Crippen molar-refractivity contribution in [2.24, 2.45) is 0 Å². The first kappa shape index (κ1) is 11.1. The largest absolute Gasteiger partial charge is 0.305 e. The highest BCUT2D eigenvalue weighted by Crippen LogP contribution is 2.23. The van der Waals surface area contributed by atoms with E-state index in [1.807, 2.05) is 0 Å². The molecule has 1 N–H and O–H groups in total. The van der Waals surface area contributed by atoms with E-state index in [4.69, 9.17) is 0 Å². The lowest BCUT2D eigenvalue weighted by Gasteiger charge is -2.38. The van der Waals surface area contributed by atoms with Gasteiger partial charge in [0.2, 0.25) is 0 Å². The fourth-order valence-corrected chi connectivity index (χ4v) is 2.70. The minimum absolute atomic E-state index is 0.416. The van der Waals surface area contributed by atoms with Crippen LogP contribution in [0.5, 0.6) is 0 Å². The molecule has 15 heavy (non-hydrogen) atoms. The van der Waals surface area contributed by atoms with Gasteiger partial charge in [0.15, 0.2) is 0 Å². The Bertz CT molecular complexity index is 334. The maximum Gasteiger partial charge on any atom is 0.0327 e. The number of halogens is 1. The standard InChI is InChI=1S/C12H17BrN2/c1-9(14-10-7-15(2)8-10)11-5-3-4-6-12(11)13/h3-6,9-10,14H,7-8H2,1-2H3. The number of rotatable bonds is 3. The van der Waals surface area contributed by atoms with Crippen LogP contribution in [0, 0.1) is 0 Å². The Morgan fingerprint density at radius 3 is 2.67 bits per heavy atom. The van der Waals surface area contributed by atoms with Gasteiger partial charge in [0.25, 0.3) is 0 Å². The molecule has 1 aliphatic heterocycles. The third-order valence-electron chi connectivity index (χ3n) is 2.92. The summed E-state index contributed by atoms with van der Waals surface area (Å²) >= 11 is 3.59. The number of benzene rings is 1. The average molecular weight is 269 g/mol. The van der Waals surface area contributed by atoms with E-state index in [2.05, 4.69) is 64.4 Å². The summed E-state index contributed by atoms with van der Waals surface area (Å²) in [6.07, 6.45) is 0. The van der Waals surface area contributed by atoms with Crippen LogP contribution in [0.3, 0.4) is 0 Å². The summed E-state index contributed by atoms with van der Waals surface area (Å²) < 4.78 is 1.19. The predicted octanol–water partition coefficient (Wildman–Crippen LogP) is 2.41. The van der Waals surface area contributed by atoms with Gasteiger partial charge in [-0.1, -0.05) is 34.1 Å². The zero-order valence-electron chi connectivity index (χ0n) is 9.20. The summed E-state index contributed by atoms with van der Waals surface area (Å²) in [7, 11) is 2.15. The van der Waals surface area contributed by atoms with Crippen molar-refractivity contribution in [3.63, 3.8) is 0 Å². The van der Waals surface area contributed by atoms with Crippen LogP contribution in [-0.2, 0) is 0 Å². The van der Waals surface area contributed by atoms with E-state index in [9.17, 15) is 0 Å². The van der Waals surface area contributed by atoms with Crippen LogP contribution in [0.15, 0.2) is 28.7 Å². The van der Waals surface area contributed by atoms with Crippen molar-refractivity contribution in [3.05, 3.63) is 34.3 Å². The van der Waals surface area contributed by atoms with Gasteiger partial charge in [-0.25, -0.2) is 0 Å². The summed E-state index contributed by atoms with van der Waals surface area (Å²) in [5.74, 6) is 0. The summed E-state index contributed by atoms with van der Waals surface area (Å²) in [6.45, 7) is 4.54. The van der Waals surface area contributed by atoms with E-state index < -0.39 is 0 Å². The second kappa shape index (κ2) is 4.64. The topological polar surface area (TPSA) is 15.3 Å². The molecular formula is C12H17BrN2. The van der Waals surface area contributed by atoms with E-state index in [0.29, 0.717) is 12.1 Å². The smallest absolute Gasteiger partial charge is 0.0327 e. The van der Waals surface area contributed by atoms with E-state index in [1.165, 1.54) is 10.0 Å². The molecule has 3 heteroatoms. The molecule has 82 valence electrons. The van der Waals surface area contributed by atoms with Crippen LogP contribution < -0.4 is 5.32 Å². The summed E-state index contributed by atoms with van der Waals surface area (Å²) in [4.78, 5) is 2.32. The highest BCUT2D eigenvalue weighted by Gasteiger charge is 2.24. The Balaban J connectivity index is 1.96. The van der Waals surface area contributed by atoms with Crippen molar-refractivity contribution in [1.29, 1.82) is 0 Å². The highest BCUT2D eigenvalue weighted by molar-refractivity contribution is 9.10. The maximum atomic E-state index is 3.63. The normalized spacial score (nSPS) is 19.9. The number of nitrogens with one attached hydrogen (secondary N) is 1. The van der Waals surface area contributed by atoms with Gasteiger partial charge >= 0.3 is 0 Å². The Kier molecular flexibility index (Phi) is 3.44. The molecule has 0 saturated carbocycles. The minimum atomic E-state index is 0.416. The first-order valence-corrected chi connectivity index (χ1v) is 6.15. The van der Waals surface area contributed by atoms with Crippen LogP contribution in [0.4, 0.5) is 0 Å². The lowest BCUT2D eigenvalue weighted by atomic mass is 10.0. The molecule has 0 radical (unpaired) electrons. The number of likely N-dealkylation sites (tertiary alicyclic amines) is 1. The van der Waals surface area contributed by atoms with Crippen LogP contribution in [0.2, 0.25) is 0 Å². The highest BCUT2D eigenvalue weighted by atomic mass is 79.9. The predicted molar refractivity (Wildman–Crippen MR) is 67.0 cm³/mol. The van der Waals surface area contributed by atoms with Gasteiger partial charge in [0, 0.05) is 29.6 Å². The zero-order chi connectivity index (χ0) is 10.8. The van der Waals surface area contributed by atoms with Gasteiger partial charge in [-0.15, -0.1) is 0 Å². The third kappa shape index (κ3) is 2.60. The van der Waals surface area contributed by atoms with Crippen LogP contribution in [0.1, 0.15) is 18.5 Å². The van der Waals surface area contributed by atoms with E-state index in [-0.39, 0.29) is 0 Å². The molecule has 0 spiro atoms. The SMILES string of the molecule is CC(NC1CN(C)C1)c1ccccc1Br. The summed E-state index contributed by atoms with van der Waals surface area (Å²) in [5, 5.41) is 3.63. The second-order valence-corrected chi connectivity index (χ2v) is 5.18. The fraction of sp³-hybridized carbons (Fsp3) is 0.500. The number of hydrogen-bond donors (Lipinski definition) is 1. The zero-order valence-corrected chi connectivity index (χ0v) is 10.8. The molecule has 1 saturated heterocycles. The second-order valence-electron chi connectivity index (χ2n) is 4.33. The van der Waals surface area contributed by atoms with Crippen molar-refractivity contribution in [3.8, 4) is 0 Å². The first-order valence-electron chi connectivity index (χ1n) is 5.36. The molecule has 1 aromatic rings. The molecule has 1 aromatic carbocycles. The molecule has 1 heterocycles. The molecule has 0 amide bonds. The van der Waals surface area contributed by atoms with Crippen molar-refractivity contribution in [2.75, 3.05) is 20.1 Å². The summed E-state index contributed by atoms with van der Waals surface area (Å²) in [5.41, 5.74) is 1.34. The monoisotopic (exact) mass is 268 g/mol. The van der Waals surface area contributed by atoms with Crippen LogP contribution >= 0.6 is 15.9 Å². The maximum absolute atomic E-state index is 3.63. The third-order valence-corrected chi connectivity index (χ3v) is 3.64. The van der Waals surface area contributed by atoms with Gasteiger partial charge in [0.05, 0.1) is 0 Å². The van der Waals surface area contributed by atoms with E-state index >= 15 is 0 Å². The van der Waals surface area contributed by atoms with Gasteiger partial charge in [-0.05, 0) is 25.6 Å². The quantitative estimate of drug-likeness (QED) is 0.906. The molecule has 1 atom stereocenters. The van der Waals surface area contributed by atoms with Gasteiger partial charge in [0.1, 0.15) is 0 Å². The van der Waals surface area contributed by atoms with Gasteiger partial charge in [-0.2, -0.15) is 0 Å². The molecule has 1 unspecified atom stereocenters. The van der Waals surface area contributed by atoms with E-state index in [0.717, 1.165) is 13.1 Å². The van der Waals surface area contributed by atoms with Crippen molar-refractivity contribution in [1.82, 2.24) is 10.2 Å². The molecule has 1 fully saturated rings. The molecule has 2 rings (SSSR count). The number of hydrogen-bond acceptors (Lipinski definition) is 2. The Labute approximate surface area is 99.8 Å². The molecule has 0 aromatic heterocycles. The Hall–Kier alpha value is -0.380. The van der Waals surface area contributed by atoms with Crippen LogP contribution in [0.25, 0.3) is 0 Å². The van der Waals surface area contributed by atoms with Crippen molar-refractivity contribution in [2.45, 2.75) is 19.0 Å². The molecule has 0 aliphatic carbocycles. The summed E-state index contributed by atoms with van der Waals surface area (Å²) in [6, 6.07) is 9.48. The minimum Gasteiger partial charge on any atom is -0.305 e. The molecular weight excluding hydrogens is 252 g/mol. The number of nitrogens with zero attached hydrogens (tertiary/aromatic N) is 1. The van der Waals surface area contributed by atoms with Crippen molar-refractivity contribution < 1.29 is 0 Å². The molecule has 2 nitrogen and oxygen atoms in total. The van der Waals surface area contributed by atoms with Gasteiger partial charge in [-0.3, -0.25) is 0 Å². The molecule has 1 aliphatic rings. The van der Waals surface area contributed by atoms with Crippen molar-refractivity contribution >= 4 is 15.9 Å². The van der Waals surface area contributed by atoms with Crippen LogP contribution in [-0.4, -0.2) is 31.1 Å². The average Bonchev–Trinajstić information content (AvgIpc) is 2.16. The fourth-order valence-electron chi connectivity index (χ4n) is 2.07. The lowest BCUT2D eigenvalue weighted by molar-refractivity contribution is 0.153. The Morgan fingerprint density at radius 1 is 1.40 bits per heavy atom. The number of likely N-dealkylation sites (N-methyl/N-ethyl adjacent to an activating group) is 1. The van der Waals surface area contributed by atoms with Gasteiger partial charge < -0.3 is 10.2 Å². The lowest BCUT2D eigenvalue weighted by Crippen LogP contribution is -2.56.